The van der Waals surface area contributed by atoms with Crippen molar-refractivity contribution in [3.8, 4) is 23.1 Å². The van der Waals surface area contributed by atoms with Gasteiger partial charge in [0.25, 0.3) is 0 Å². The summed E-state index contributed by atoms with van der Waals surface area (Å²) in [5, 5.41) is 20.4. The lowest BCUT2D eigenvalue weighted by molar-refractivity contribution is 0.559. The van der Waals surface area contributed by atoms with Crippen LogP contribution in [0.5, 0.6) is 0 Å². The Morgan fingerprint density at radius 1 is 1.00 bits per heavy atom. The SMILES string of the molecule is CC(C)(C)c1[nH]n2nc(-c3ccccc3)nc2c1N.N#Cc1cnn(-c2cc(N)ccc2N)c1N. The third-order valence-corrected chi connectivity index (χ3v) is 5.33. The summed E-state index contributed by atoms with van der Waals surface area (Å²) in [6.07, 6.45) is 1.39. The van der Waals surface area contributed by atoms with Crippen molar-refractivity contribution in [1.82, 2.24) is 29.6 Å². The van der Waals surface area contributed by atoms with E-state index in [2.05, 4.69) is 41.1 Å². The number of fused-ring (bicyclic) bond motifs is 1. The molecule has 0 fully saturated rings. The molecule has 35 heavy (non-hydrogen) atoms. The highest BCUT2D eigenvalue weighted by atomic mass is 15.5. The Bertz CT molecular complexity index is 1530. The maximum Gasteiger partial charge on any atom is 0.199 e. The van der Waals surface area contributed by atoms with E-state index in [0.717, 1.165) is 11.3 Å². The summed E-state index contributed by atoms with van der Waals surface area (Å²) in [4.78, 5) is 4.51. The molecule has 3 heterocycles. The van der Waals surface area contributed by atoms with E-state index in [1.165, 1.54) is 10.9 Å². The van der Waals surface area contributed by atoms with E-state index < -0.39 is 0 Å². The van der Waals surface area contributed by atoms with Crippen LogP contribution in [0.15, 0.2) is 54.7 Å². The average molecular weight is 470 g/mol. The molecule has 5 aromatic rings. The average Bonchev–Trinajstić information content (AvgIpc) is 3.50. The van der Waals surface area contributed by atoms with E-state index in [1.54, 1.807) is 22.8 Å². The number of benzene rings is 2. The van der Waals surface area contributed by atoms with Crippen LogP contribution in [0, 0.1) is 11.3 Å². The fraction of sp³-hybridized carbons (Fsp3) is 0.167. The van der Waals surface area contributed by atoms with Crippen molar-refractivity contribution in [2.24, 2.45) is 0 Å². The molecule has 178 valence electrons. The summed E-state index contributed by atoms with van der Waals surface area (Å²) in [6, 6.07) is 16.8. The predicted molar refractivity (Wildman–Crippen MR) is 137 cm³/mol. The van der Waals surface area contributed by atoms with E-state index in [-0.39, 0.29) is 11.2 Å². The van der Waals surface area contributed by atoms with E-state index in [4.69, 9.17) is 28.2 Å². The Hall–Kier alpha value is -4.98. The zero-order chi connectivity index (χ0) is 25.3. The molecule has 0 saturated carbocycles. The number of nitrogens with zero attached hydrogens (tertiary/aromatic N) is 6. The van der Waals surface area contributed by atoms with Crippen molar-refractivity contribution in [3.63, 3.8) is 0 Å². The molecule has 11 nitrogen and oxygen atoms in total. The molecule has 0 radical (unpaired) electrons. The van der Waals surface area contributed by atoms with Gasteiger partial charge in [-0.1, -0.05) is 51.1 Å². The van der Waals surface area contributed by atoms with Crippen LogP contribution in [0.25, 0.3) is 22.7 Å². The maximum atomic E-state index is 8.76. The van der Waals surface area contributed by atoms with Gasteiger partial charge in [-0.2, -0.15) is 15.0 Å². The Morgan fingerprint density at radius 3 is 2.31 bits per heavy atom. The standard InChI is InChI=1S/C14H17N5.C10H10N6/c1-14(2,3)11-10(15)13-16-12(18-19(13)17-11)9-7-5-4-6-8-9;11-4-6-5-15-16(10(6)14)9-3-7(12)1-2-8(9)13/h4-8,17H,15H2,1-3H3;1-3,5H,12-14H2. The molecule has 0 aliphatic heterocycles. The van der Waals surface area contributed by atoms with Crippen molar-refractivity contribution in [1.29, 1.82) is 5.26 Å². The van der Waals surface area contributed by atoms with Crippen LogP contribution in [0.4, 0.5) is 22.9 Å². The second kappa shape index (κ2) is 8.75. The number of hydrogen-bond donors (Lipinski definition) is 5. The zero-order valence-electron chi connectivity index (χ0n) is 19.7. The fourth-order valence-corrected chi connectivity index (χ4v) is 3.50. The molecule has 0 spiro atoms. The van der Waals surface area contributed by atoms with Crippen LogP contribution in [0.3, 0.4) is 0 Å². The number of nitrogens with two attached hydrogens (primary N) is 4. The lowest BCUT2D eigenvalue weighted by atomic mass is 9.91. The highest BCUT2D eigenvalue weighted by molar-refractivity contribution is 5.71. The maximum absolute atomic E-state index is 8.76. The third-order valence-electron chi connectivity index (χ3n) is 5.33. The predicted octanol–water partition coefficient (Wildman–Crippen LogP) is 3.09. The first kappa shape index (κ1) is 23.2. The molecule has 3 aromatic heterocycles. The lowest BCUT2D eigenvalue weighted by Gasteiger charge is -2.16. The number of H-pyrrole nitrogens is 1. The first-order valence-electron chi connectivity index (χ1n) is 10.8. The molecular weight excluding hydrogens is 442 g/mol. The van der Waals surface area contributed by atoms with Crippen LogP contribution in [-0.2, 0) is 5.41 Å². The zero-order valence-corrected chi connectivity index (χ0v) is 19.7. The minimum atomic E-state index is -0.0562. The topological polar surface area (TPSA) is 192 Å². The number of rotatable bonds is 2. The minimum Gasteiger partial charge on any atom is -0.399 e. The molecule has 0 unspecified atom stereocenters. The summed E-state index contributed by atoms with van der Waals surface area (Å²) in [5.41, 5.74) is 28.5. The molecule has 0 atom stereocenters. The molecule has 0 aliphatic carbocycles. The Kier molecular flexibility index (Phi) is 5.80. The van der Waals surface area contributed by atoms with E-state index in [1.807, 2.05) is 36.4 Å². The number of nitrogen functional groups attached to an aromatic ring is 4. The number of nitrogens with one attached hydrogen (secondary N) is 1. The van der Waals surface area contributed by atoms with Crippen molar-refractivity contribution in [2.75, 3.05) is 22.9 Å². The second-order valence-electron chi connectivity index (χ2n) is 8.97. The van der Waals surface area contributed by atoms with Crippen molar-refractivity contribution < 1.29 is 0 Å². The molecule has 0 aliphatic rings. The highest BCUT2D eigenvalue weighted by Gasteiger charge is 2.23. The number of hydrogen-bond acceptors (Lipinski definition) is 8. The number of nitriles is 1. The summed E-state index contributed by atoms with van der Waals surface area (Å²) < 4.78 is 3.04. The Morgan fingerprint density at radius 2 is 1.71 bits per heavy atom. The fourth-order valence-electron chi connectivity index (χ4n) is 3.50. The number of aromatic nitrogens is 6. The van der Waals surface area contributed by atoms with Crippen LogP contribution in [0.2, 0.25) is 0 Å². The monoisotopic (exact) mass is 469 g/mol. The van der Waals surface area contributed by atoms with Gasteiger partial charge in [0.2, 0.25) is 0 Å². The molecule has 0 saturated heterocycles. The number of aromatic amines is 1. The van der Waals surface area contributed by atoms with Crippen molar-refractivity contribution in [3.05, 3.63) is 66.0 Å². The van der Waals surface area contributed by atoms with Crippen LogP contribution < -0.4 is 22.9 Å². The quantitative estimate of drug-likeness (QED) is 0.243. The van der Waals surface area contributed by atoms with Gasteiger partial charge < -0.3 is 22.9 Å². The van der Waals surface area contributed by atoms with Crippen molar-refractivity contribution in [2.45, 2.75) is 26.2 Å². The molecular formula is C24H27N11. The van der Waals surface area contributed by atoms with E-state index in [0.29, 0.717) is 39.8 Å². The van der Waals surface area contributed by atoms with Gasteiger partial charge in [0.05, 0.1) is 23.3 Å². The molecule has 11 heteroatoms. The van der Waals surface area contributed by atoms with Gasteiger partial charge >= 0.3 is 0 Å². The van der Waals surface area contributed by atoms with Crippen LogP contribution in [0.1, 0.15) is 32.0 Å². The molecule has 9 N–H and O–H groups in total. The van der Waals surface area contributed by atoms with Gasteiger partial charge in [-0.3, -0.25) is 5.10 Å². The summed E-state index contributed by atoms with van der Waals surface area (Å²) in [5.74, 6) is 0.929. The Labute approximate surface area is 201 Å². The van der Waals surface area contributed by atoms with Gasteiger partial charge in [-0.05, 0) is 18.2 Å². The van der Waals surface area contributed by atoms with E-state index in [9.17, 15) is 0 Å². The van der Waals surface area contributed by atoms with Gasteiger partial charge in [0.15, 0.2) is 11.5 Å². The molecule has 5 rings (SSSR count). The van der Waals surface area contributed by atoms with Crippen molar-refractivity contribution >= 4 is 28.5 Å². The third kappa shape index (κ3) is 4.45. The minimum absolute atomic E-state index is 0.0562. The van der Waals surface area contributed by atoms with Crippen LogP contribution in [-0.4, -0.2) is 29.6 Å². The smallest absolute Gasteiger partial charge is 0.199 e. The normalized spacial score (nSPS) is 11.1. The lowest BCUT2D eigenvalue weighted by Crippen LogP contribution is -2.14. The largest absolute Gasteiger partial charge is 0.399 e. The molecule has 0 bridgehead atoms. The first-order valence-corrected chi connectivity index (χ1v) is 10.8. The second-order valence-corrected chi connectivity index (χ2v) is 8.97. The number of anilines is 4. The molecule has 0 amide bonds. The summed E-state index contributed by atoms with van der Waals surface area (Å²) in [7, 11) is 0. The van der Waals surface area contributed by atoms with Gasteiger partial charge in [0, 0.05) is 16.7 Å². The summed E-state index contributed by atoms with van der Waals surface area (Å²) in [6.45, 7) is 6.31. The highest BCUT2D eigenvalue weighted by Crippen LogP contribution is 2.30. The van der Waals surface area contributed by atoms with Gasteiger partial charge in [-0.15, -0.1) is 5.10 Å². The van der Waals surface area contributed by atoms with E-state index >= 15 is 0 Å². The van der Waals surface area contributed by atoms with Gasteiger partial charge in [0.1, 0.15) is 23.1 Å². The summed E-state index contributed by atoms with van der Waals surface area (Å²) >= 11 is 0. The molecule has 2 aromatic carbocycles. The van der Waals surface area contributed by atoms with Crippen LogP contribution >= 0.6 is 0 Å². The van der Waals surface area contributed by atoms with Gasteiger partial charge in [-0.25, -0.2) is 9.67 Å². The first-order chi connectivity index (χ1) is 16.6. The Balaban J connectivity index is 0.000000168.